The second kappa shape index (κ2) is 7.93. The minimum atomic E-state index is 0.486. The molecule has 114 valence electrons. The molecule has 5 heteroatoms. The van der Waals surface area contributed by atoms with Crippen LogP contribution in [0.25, 0.3) is 0 Å². The zero-order valence-corrected chi connectivity index (χ0v) is 14.0. The summed E-state index contributed by atoms with van der Waals surface area (Å²) in [7, 11) is 0. The summed E-state index contributed by atoms with van der Waals surface area (Å²) in [6.45, 7) is 11.4. The van der Waals surface area contributed by atoms with Gasteiger partial charge in [0.15, 0.2) is 0 Å². The fraction of sp³-hybridized carbons (Fsp3) is 0.867. The summed E-state index contributed by atoms with van der Waals surface area (Å²) in [6.07, 6.45) is 6.46. The van der Waals surface area contributed by atoms with E-state index < -0.39 is 0 Å². The molecule has 1 aromatic rings. The van der Waals surface area contributed by atoms with Crippen LogP contribution in [0.1, 0.15) is 52.3 Å². The molecule has 0 saturated carbocycles. The van der Waals surface area contributed by atoms with E-state index >= 15 is 0 Å². The van der Waals surface area contributed by atoms with Crippen LogP contribution in [-0.4, -0.2) is 46.5 Å². The number of hydrogen-bond acceptors (Lipinski definition) is 5. The van der Waals surface area contributed by atoms with E-state index in [9.17, 15) is 0 Å². The fourth-order valence-electron chi connectivity index (χ4n) is 2.69. The topological polar surface area (TPSA) is 32.3 Å². The summed E-state index contributed by atoms with van der Waals surface area (Å²) >= 11 is 1.55. The van der Waals surface area contributed by atoms with Crippen molar-refractivity contribution in [1.29, 1.82) is 0 Å². The van der Waals surface area contributed by atoms with Crippen molar-refractivity contribution in [3.8, 4) is 0 Å². The van der Waals surface area contributed by atoms with Crippen molar-refractivity contribution in [2.75, 3.05) is 31.1 Å². The van der Waals surface area contributed by atoms with Gasteiger partial charge in [0, 0.05) is 37.1 Å². The first-order valence-corrected chi connectivity index (χ1v) is 8.79. The third-order valence-corrected chi connectivity index (χ3v) is 4.79. The van der Waals surface area contributed by atoms with Crippen molar-refractivity contribution in [2.24, 2.45) is 0 Å². The summed E-state index contributed by atoms with van der Waals surface area (Å²) in [4.78, 5) is 9.67. The zero-order valence-electron chi connectivity index (χ0n) is 13.1. The first-order valence-electron chi connectivity index (χ1n) is 8.02. The molecule has 0 N–H and O–H groups in total. The molecule has 2 heterocycles. The molecule has 0 radical (unpaired) electrons. The Labute approximate surface area is 127 Å². The van der Waals surface area contributed by atoms with Crippen LogP contribution in [0.2, 0.25) is 0 Å². The summed E-state index contributed by atoms with van der Waals surface area (Å²) in [5, 5.41) is 1.09. The van der Waals surface area contributed by atoms with Crippen molar-refractivity contribution < 1.29 is 0 Å². The predicted molar refractivity (Wildman–Crippen MR) is 86.7 cm³/mol. The van der Waals surface area contributed by atoms with Gasteiger partial charge in [-0.15, -0.1) is 0 Å². The molecule has 0 atom stereocenters. The molecule has 4 nitrogen and oxygen atoms in total. The van der Waals surface area contributed by atoms with Gasteiger partial charge in [0.05, 0.1) is 0 Å². The van der Waals surface area contributed by atoms with Crippen LogP contribution in [0.15, 0.2) is 0 Å². The van der Waals surface area contributed by atoms with E-state index in [0.717, 1.165) is 30.5 Å². The molecule has 20 heavy (non-hydrogen) atoms. The molecule has 0 unspecified atom stereocenters. The van der Waals surface area contributed by atoms with Gasteiger partial charge in [-0.05, 0) is 39.8 Å². The van der Waals surface area contributed by atoms with Gasteiger partial charge in [-0.1, -0.05) is 19.8 Å². The maximum atomic E-state index is 4.65. The van der Waals surface area contributed by atoms with Gasteiger partial charge in [0.2, 0.25) is 5.13 Å². The van der Waals surface area contributed by atoms with Crippen molar-refractivity contribution in [3.63, 3.8) is 0 Å². The Morgan fingerprint density at radius 3 is 2.45 bits per heavy atom. The normalized spacial score (nSPS) is 17.4. The van der Waals surface area contributed by atoms with E-state index in [0.29, 0.717) is 6.04 Å². The highest BCUT2D eigenvalue weighted by molar-refractivity contribution is 7.09. The van der Waals surface area contributed by atoms with Gasteiger partial charge in [-0.2, -0.15) is 4.37 Å². The first kappa shape index (κ1) is 15.7. The summed E-state index contributed by atoms with van der Waals surface area (Å²) in [5.74, 6) is 0.977. The smallest absolute Gasteiger partial charge is 0.205 e. The van der Waals surface area contributed by atoms with E-state index in [-0.39, 0.29) is 0 Å². The molecule has 0 aliphatic carbocycles. The van der Waals surface area contributed by atoms with Gasteiger partial charge in [0.1, 0.15) is 5.82 Å². The lowest BCUT2D eigenvalue weighted by atomic mass is 10.2. The van der Waals surface area contributed by atoms with Crippen LogP contribution in [0.5, 0.6) is 0 Å². The third-order valence-electron chi connectivity index (χ3n) is 4.00. The number of aryl methyl sites for hydroxylation is 1. The molecule has 1 saturated heterocycles. The summed E-state index contributed by atoms with van der Waals surface area (Å²) in [5.41, 5.74) is 0. The largest absolute Gasteiger partial charge is 0.343 e. The molecule has 0 spiro atoms. The second-order valence-electron chi connectivity index (χ2n) is 5.89. The SMILES string of the molecule is CCc1nsc(N(CCN2CCCCCC2)C(C)C)n1. The fourth-order valence-corrected chi connectivity index (χ4v) is 3.60. The van der Waals surface area contributed by atoms with Crippen LogP contribution < -0.4 is 4.90 Å². The average Bonchev–Trinajstić information content (AvgIpc) is 2.75. The van der Waals surface area contributed by atoms with Gasteiger partial charge in [-0.3, -0.25) is 0 Å². The Balaban J connectivity index is 1.91. The minimum Gasteiger partial charge on any atom is -0.343 e. The van der Waals surface area contributed by atoms with E-state index in [1.165, 1.54) is 38.8 Å². The van der Waals surface area contributed by atoms with Crippen LogP contribution in [0, 0.1) is 0 Å². The standard InChI is InChI=1S/C15H28N4S/c1-4-14-16-15(20-17-14)19(13(2)3)12-11-18-9-7-5-6-8-10-18/h13H,4-12H2,1-3H3. The van der Waals surface area contributed by atoms with Gasteiger partial charge < -0.3 is 9.80 Å². The van der Waals surface area contributed by atoms with Crippen molar-refractivity contribution in [2.45, 2.75) is 58.9 Å². The molecule has 0 bridgehead atoms. The second-order valence-corrected chi connectivity index (χ2v) is 6.62. The molecule has 1 aliphatic rings. The quantitative estimate of drug-likeness (QED) is 0.807. The van der Waals surface area contributed by atoms with Crippen LogP contribution >= 0.6 is 11.5 Å². The predicted octanol–water partition coefficient (Wildman–Crippen LogP) is 3.19. The van der Waals surface area contributed by atoms with Crippen LogP contribution in [-0.2, 0) is 6.42 Å². The lowest BCUT2D eigenvalue weighted by Crippen LogP contribution is -2.39. The lowest BCUT2D eigenvalue weighted by molar-refractivity contribution is 0.288. The number of hydrogen-bond donors (Lipinski definition) is 0. The highest BCUT2D eigenvalue weighted by Gasteiger charge is 2.17. The minimum absolute atomic E-state index is 0.486. The maximum absolute atomic E-state index is 4.65. The van der Waals surface area contributed by atoms with Gasteiger partial charge >= 0.3 is 0 Å². The third kappa shape index (κ3) is 4.42. The Kier molecular flexibility index (Phi) is 6.23. The molecular weight excluding hydrogens is 268 g/mol. The number of likely N-dealkylation sites (tertiary alicyclic amines) is 1. The van der Waals surface area contributed by atoms with Crippen molar-refractivity contribution in [1.82, 2.24) is 14.3 Å². The maximum Gasteiger partial charge on any atom is 0.205 e. The first-order chi connectivity index (χ1) is 9.70. The number of rotatable bonds is 6. The average molecular weight is 296 g/mol. The van der Waals surface area contributed by atoms with E-state index in [1.807, 2.05) is 0 Å². The number of anilines is 1. The highest BCUT2D eigenvalue weighted by atomic mass is 32.1. The molecule has 1 aromatic heterocycles. The number of nitrogens with zero attached hydrogens (tertiary/aromatic N) is 4. The summed E-state index contributed by atoms with van der Waals surface area (Å²) < 4.78 is 4.42. The summed E-state index contributed by atoms with van der Waals surface area (Å²) in [6, 6.07) is 0.486. The highest BCUT2D eigenvalue weighted by Crippen LogP contribution is 2.20. The van der Waals surface area contributed by atoms with E-state index in [4.69, 9.17) is 0 Å². The Bertz CT molecular complexity index is 383. The Morgan fingerprint density at radius 2 is 1.90 bits per heavy atom. The molecule has 0 aromatic carbocycles. The van der Waals surface area contributed by atoms with Crippen LogP contribution in [0.3, 0.4) is 0 Å². The lowest BCUT2D eigenvalue weighted by Gasteiger charge is -2.29. The Hall–Kier alpha value is -0.680. The van der Waals surface area contributed by atoms with Crippen LogP contribution in [0.4, 0.5) is 5.13 Å². The van der Waals surface area contributed by atoms with Crippen molar-refractivity contribution >= 4 is 16.7 Å². The Morgan fingerprint density at radius 1 is 1.20 bits per heavy atom. The van der Waals surface area contributed by atoms with Gasteiger partial charge in [0.25, 0.3) is 0 Å². The zero-order chi connectivity index (χ0) is 14.4. The molecular formula is C15H28N4S. The van der Waals surface area contributed by atoms with Crippen molar-refractivity contribution in [3.05, 3.63) is 5.82 Å². The van der Waals surface area contributed by atoms with E-state index in [2.05, 4.69) is 39.9 Å². The van der Waals surface area contributed by atoms with Gasteiger partial charge in [-0.25, -0.2) is 4.98 Å². The monoisotopic (exact) mass is 296 g/mol. The molecule has 2 rings (SSSR count). The van der Waals surface area contributed by atoms with E-state index in [1.54, 1.807) is 11.5 Å². The number of aromatic nitrogens is 2. The molecule has 1 fully saturated rings. The molecule has 1 aliphatic heterocycles. The molecule has 0 amide bonds.